The highest BCUT2D eigenvalue weighted by atomic mass is 35.5. The molecular weight excluding hydrogens is 450 g/mol. The largest absolute Gasteiger partial charge is 0.399 e. The summed E-state index contributed by atoms with van der Waals surface area (Å²) in [5.74, 6) is -1.01. The molecule has 0 fully saturated rings. The first kappa shape index (κ1) is 24.4. The third-order valence-electron chi connectivity index (χ3n) is 7.29. The molecule has 1 aliphatic rings. The van der Waals surface area contributed by atoms with Crippen molar-refractivity contribution in [2.45, 2.75) is 44.4 Å². The van der Waals surface area contributed by atoms with Crippen LogP contribution in [0.25, 0.3) is 16.8 Å². The molecule has 4 rings (SSSR count). The zero-order valence-electron chi connectivity index (χ0n) is 19.9. The van der Waals surface area contributed by atoms with Crippen LogP contribution < -0.4 is 11.1 Å². The highest BCUT2D eigenvalue weighted by Gasteiger charge is 2.47. The van der Waals surface area contributed by atoms with Gasteiger partial charge in [0.25, 0.3) is 0 Å². The number of halogens is 3. The van der Waals surface area contributed by atoms with Crippen LogP contribution in [0.5, 0.6) is 0 Å². The number of nitrogens with one attached hydrogen (secondary N) is 1. The minimum absolute atomic E-state index is 0.0569. The molecule has 0 spiro atoms. The summed E-state index contributed by atoms with van der Waals surface area (Å²) in [5.41, 5.74) is 10.5. The van der Waals surface area contributed by atoms with E-state index in [1.54, 1.807) is 12.1 Å². The second kappa shape index (κ2) is 9.52. The summed E-state index contributed by atoms with van der Waals surface area (Å²) in [6, 6.07) is 15.3. The molecule has 0 bridgehead atoms. The lowest BCUT2D eigenvalue weighted by Gasteiger charge is -2.35. The van der Waals surface area contributed by atoms with Gasteiger partial charge in [-0.2, -0.15) is 0 Å². The van der Waals surface area contributed by atoms with Crippen molar-refractivity contribution in [2.24, 2.45) is 5.73 Å². The van der Waals surface area contributed by atoms with Crippen molar-refractivity contribution in [3.63, 3.8) is 0 Å². The number of aryl methyl sites for hydroxylation is 1. The van der Waals surface area contributed by atoms with E-state index < -0.39 is 11.6 Å². The Labute approximate surface area is 205 Å². The molecule has 34 heavy (non-hydrogen) atoms. The van der Waals surface area contributed by atoms with Crippen molar-refractivity contribution in [2.75, 3.05) is 13.6 Å². The molecule has 2 nitrogen and oxygen atoms in total. The monoisotopic (exact) mass is 480 g/mol. The quantitative estimate of drug-likeness (QED) is 0.382. The zero-order chi connectivity index (χ0) is 24.6. The van der Waals surface area contributed by atoms with Crippen LogP contribution >= 0.6 is 11.6 Å². The fourth-order valence-electron chi connectivity index (χ4n) is 5.70. The predicted molar refractivity (Wildman–Crippen MR) is 138 cm³/mol. The molecule has 0 aliphatic heterocycles. The van der Waals surface area contributed by atoms with Crippen molar-refractivity contribution >= 4 is 17.3 Å². The highest BCUT2D eigenvalue weighted by molar-refractivity contribution is 6.34. The van der Waals surface area contributed by atoms with Gasteiger partial charge < -0.3 is 11.1 Å². The first-order valence-corrected chi connectivity index (χ1v) is 12.1. The van der Waals surface area contributed by atoms with E-state index in [0.717, 1.165) is 23.1 Å². The van der Waals surface area contributed by atoms with Crippen LogP contribution in [-0.4, -0.2) is 13.6 Å². The van der Waals surface area contributed by atoms with Gasteiger partial charge >= 0.3 is 0 Å². The Bertz CT molecular complexity index is 1240. The van der Waals surface area contributed by atoms with E-state index in [9.17, 15) is 0 Å². The molecule has 3 aromatic carbocycles. The smallest absolute Gasteiger partial charge is 0.142 e. The third-order valence-corrected chi connectivity index (χ3v) is 7.66. The molecule has 3 aromatic rings. The molecule has 178 valence electrons. The second-order valence-corrected chi connectivity index (χ2v) is 9.69. The lowest BCUT2D eigenvalue weighted by atomic mass is 9.70. The molecule has 0 aromatic heterocycles. The molecule has 0 heterocycles. The van der Waals surface area contributed by atoms with Gasteiger partial charge in [-0.1, -0.05) is 80.9 Å². The Morgan fingerprint density at radius 3 is 2.50 bits per heavy atom. The fourth-order valence-corrected chi connectivity index (χ4v) is 5.95. The van der Waals surface area contributed by atoms with Crippen LogP contribution in [0, 0.1) is 11.6 Å². The van der Waals surface area contributed by atoms with E-state index in [-0.39, 0.29) is 27.6 Å². The van der Waals surface area contributed by atoms with E-state index in [2.05, 4.69) is 31.0 Å². The van der Waals surface area contributed by atoms with Crippen LogP contribution in [0.1, 0.15) is 54.0 Å². The minimum Gasteiger partial charge on any atom is -0.399 e. The predicted octanol–water partition coefficient (Wildman–Crippen LogP) is 6.98. The minimum atomic E-state index is -0.551. The molecule has 0 saturated carbocycles. The van der Waals surface area contributed by atoms with Crippen molar-refractivity contribution in [3.05, 3.63) is 99.6 Å². The lowest BCUT2D eigenvalue weighted by molar-refractivity contribution is 0.373. The molecule has 0 radical (unpaired) electrons. The summed E-state index contributed by atoms with van der Waals surface area (Å²) >= 11 is 6.64. The zero-order valence-corrected chi connectivity index (χ0v) is 20.7. The van der Waals surface area contributed by atoms with Crippen LogP contribution in [0.2, 0.25) is 5.02 Å². The van der Waals surface area contributed by atoms with Crippen molar-refractivity contribution < 1.29 is 8.78 Å². The van der Waals surface area contributed by atoms with Gasteiger partial charge in [0, 0.05) is 34.3 Å². The average Bonchev–Trinajstić information content (AvgIpc) is 3.09. The maximum atomic E-state index is 16.0. The van der Waals surface area contributed by atoms with Gasteiger partial charge in [-0.05, 0) is 54.1 Å². The molecule has 0 amide bonds. The molecule has 2 atom stereocenters. The Hall–Kier alpha value is -2.69. The van der Waals surface area contributed by atoms with Crippen LogP contribution in [0.15, 0.2) is 55.1 Å². The summed E-state index contributed by atoms with van der Waals surface area (Å²) in [7, 11) is 1.92. The van der Waals surface area contributed by atoms with Crippen LogP contribution in [0.3, 0.4) is 0 Å². The lowest BCUT2D eigenvalue weighted by Crippen LogP contribution is -2.39. The molecule has 3 N–H and O–H groups in total. The maximum Gasteiger partial charge on any atom is 0.142 e. The summed E-state index contributed by atoms with van der Waals surface area (Å²) in [5, 5.41) is 3.26. The number of hydrogen-bond donors (Lipinski definition) is 2. The van der Waals surface area contributed by atoms with Gasteiger partial charge in [0.2, 0.25) is 0 Å². The molecular formula is C29H31ClF2N2. The van der Waals surface area contributed by atoms with Gasteiger partial charge in [-0.3, -0.25) is 0 Å². The van der Waals surface area contributed by atoms with Gasteiger partial charge in [-0.25, -0.2) is 8.78 Å². The molecule has 1 aliphatic carbocycles. The van der Waals surface area contributed by atoms with E-state index in [4.69, 9.17) is 17.3 Å². The summed E-state index contributed by atoms with van der Waals surface area (Å²) in [6.07, 6.45) is 1.96. The van der Waals surface area contributed by atoms with Gasteiger partial charge in [-0.15, -0.1) is 0 Å². The Balaban J connectivity index is 2.05. The summed E-state index contributed by atoms with van der Waals surface area (Å²) in [6.45, 7) is 8.66. The second-order valence-electron chi connectivity index (χ2n) is 9.31. The first-order chi connectivity index (χ1) is 16.3. The number of likely N-dealkylation sites (N-methyl/N-ethyl adjacent to an activating group) is 1. The van der Waals surface area contributed by atoms with Crippen LogP contribution in [-0.2, 0) is 18.3 Å². The first-order valence-electron chi connectivity index (χ1n) is 11.7. The Morgan fingerprint density at radius 1 is 1.18 bits per heavy atom. The van der Waals surface area contributed by atoms with Crippen molar-refractivity contribution in [1.82, 2.24) is 5.32 Å². The van der Waals surface area contributed by atoms with Gasteiger partial charge in [0.15, 0.2) is 0 Å². The number of rotatable bonds is 7. The summed E-state index contributed by atoms with van der Waals surface area (Å²) < 4.78 is 31.3. The van der Waals surface area contributed by atoms with E-state index >= 15 is 8.78 Å². The summed E-state index contributed by atoms with van der Waals surface area (Å²) in [4.78, 5) is 0. The van der Waals surface area contributed by atoms with Gasteiger partial charge in [0.1, 0.15) is 11.6 Å². The number of benzene rings is 3. The Kier molecular flexibility index (Phi) is 6.84. The maximum absolute atomic E-state index is 16.0. The van der Waals surface area contributed by atoms with Gasteiger partial charge in [0.05, 0.1) is 5.02 Å². The van der Waals surface area contributed by atoms with Crippen molar-refractivity contribution in [1.29, 1.82) is 0 Å². The number of nitrogens with two attached hydrogens (primary N) is 1. The van der Waals surface area contributed by atoms with E-state index in [0.29, 0.717) is 36.1 Å². The number of fused-ring (bicyclic) bond motifs is 1. The van der Waals surface area contributed by atoms with Crippen molar-refractivity contribution in [3.8, 4) is 11.1 Å². The SMILES string of the molecule is C=C(N)c1ccc(CCC)c(F)c1-c1c(Cl)c(F)cc2c1[C@H](C)C(CNC)(c1ccccc1)C2. The van der Waals surface area contributed by atoms with E-state index in [1.165, 1.54) is 6.07 Å². The normalized spacial score (nSPS) is 19.3. The average molecular weight is 481 g/mol. The standard InChI is InChI=1S/C29H31ClF2N2/c1-5-9-19-12-13-22(18(3)33)25(28(19)32)26-24-17(2)29(16-34-4,21-10-7-6-8-11-21)15-20(24)14-23(31)27(26)30/h6-8,10-14,17,34H,3,5,9,15-16,33H2,1-2,4H3/t17-,29?/m0/s1. The third kappa shape index (κ3) is 3.83. The molecule has 0 saturated heterocycles. The number of hydrogen-bond acceptors (Lipinski definition) is 2. The topological polar surface area (TPSA) is 38.0 Å². The molecule has 5 heteroatoms. The highest BCUT2D eigenvalue weighted by Crippen LogP contribution is 2.54. The Morgan fingerprint density at radius 2 is 1.88 bits per heavy atom. The van der Waals surface area contributed by atoms with Crippen LogP contribution in [0.4, 0.5) is 8.78 Å². The fraction of sp³-hybridized carbons (Fsp3) is 0.310. The molecule has 1 unspecified atom stereocenters. The van der Waals surface area contributed by atoms with E-state index in [1.807, 2.05) is 32.2 Å².